The highest BCUT2D eigenvalue weighted by Gasteiger charge is 2.22. The minimum atomic E-state index is -3.35. The summed E-state index contributed by atoms with van der Waals surface area (Å²) in [6.45, 7) is 2.91. The van der Waals surface area contributed by atoms with Crippen LogP contribution in [0.15, 0.2) is 17.0 Å². The molecule has 0 aliphatic carbocycles. The Bertz CT molecular complexity index is 509. The Balaban J connectivity index is 2.65. The molecule has 1 aromatic carbocycles. The van der Waals surface area contributed by atoms with Crippen LogP contribution in [0.4, 0.5) is 5.69 Å². The number of fused-ring (bicyclic) bond motifs is 1. The van der Waals surface area contributed by atoms with Crippen molar-refractivity contribution in [3.8, 4) is 0 Å². The molecule has 0 atom stereocenters. The van der Waals surface area contributed by atoms with E-state index in [0.717, 1.165) is 36.2 Å². The lowest BCUT2D eigenvalue weighted by atomic mass is 10.00. The van der Waals surface area contributed by atoms with E-state index in [1.165, 1.54) is 7.05 Å². The van der Waals surface area contributed by atoms with Crippen molar-refractivity contribution in [1.29, 1.82) is 0 Å². The fraction of sp³-hybridized carbons (Fsp3) is 0.455. The molecule has 16 heavy (non-hydrogen) atoms. The van der Waals surface area contributed by atoms with E-state index >= 15 is 0 Å². The summed E-state index contributed by atoms with van der Waals surface area (Å²) >= 11 is 0. The van der Waals surface area contributed by atoms with Crippen LogP contribution in [-0.4, -0.2) is 22.0 Å². The second kappa shape index (κ2) is 4.07. The zero-order valence-corrected chi connectivity index (χ0v) is 10.3. The van der Waals surface area contributed by atoms with Gasteiger partial charge in [0.15, 0.2) is 0 Å². The number of nitrogens with one attached hydrogen (secondary N) is 2. The van der Waals surface area contributed by atoms with E-state index in [-0.39, 0.29) is 0 Å². The molecule has 0 fully saturated rings. The zero-order chi connectivity index (χ0) is 11.8. The monoisotopic (exact) mass is 240 g/mol. The molecule has 0 unspecified atom stereocenters. The van der Waals surface area contributed by atoms with Crippen LogP contribution in [0.25, 0.3) is 0 Å². The van der Waals surface area contributed by atoms with Crippen LogP contribution in [0, 0.1) is 6.92 Å². The molecule has 0 saturated carbocycles. The first kappa shape index (κ1) is 11.4. The Morgan fingerprint density at radius 3 is 2.81 bits per heavy atom. The van der Waals surface area contributed by atoms with Crippen molar-refractivity contribution >= 4 is 15.7 Å². The van der Waals surface area contributed by atoms with Crippen molar-refractivity contribution < 1.29 is 8.42 Å². The summed E-state index contributed by atoms with van der Waals surface area (Å²) < 4.78 is 26.1. The summed E-state index contributed by atoms with van der Waals surface area (Å²) in [6.07, 6.45) is 1.79. The number of rotatable bonds is 2. The van der Waals surface area contributed by atoms with Gasteiger partial charge in [-0.25, -0.2) is 13.1 Å². The number of anilines is 1. The van der Waals surface area contributed by atoms with Crippen LogP contribution in [-0.2, 0) is 16.4 Å². The van der Waals surface area contributed by atoms with Gasteiger partial charge in [-0.1, -0.05) is 6.07 Å². The maximum atomic E-state index is 11.8. The van der Waals surface area contributed by atoms with Gasteiger partial charge in [-0.05, 0) is 44.0 Å². The molecule has 4 nitrogen and oxygen atoms in total. The van der Waals surface area contributed by atoms with Crippen LogP contribution in [0.1, 0.15) is 17.5 Å². The average Bonchev–Trinajstić information content (AvgIpc) is 2.29. The average molecular weight is 240 g/mol. The molecule has 0 saturated heterocycles. The van der Waals surface area contributed by atoms with Crippen molar-refractivity contribution in [3.05, 3.63) is 23.3 Å². The fourth-order valence-corrected chi connectivity index (χ4v) is 3.08. The first-order chi connectivity index (χ1) is 7.56. The van der Waals surface area contributed by atoms with Gasteiger partial charge in [0.25, 0.3) is 0 Å². The summed E-state index contributed by atoms with van der Waals surface area (Å²) in [4.78, 5) is 0.405. The smallest absolute Gasteiger partial charge is 0.240 e. The predicted molar refractivity (Wildman–Crippen MR) is 64.2 cm³/mol. The van der Waals surface area contributed by atoms with Crippen LogP contribution in [0.5, 0.6) is 0 Å². The third-order valence-corrected chi connectivity index (χ3v) is 4.44. The summed E-state index contributed by atoms with van der Waals surface area (Å²) in [5.41, 5.74) is 3.01. The lowest BCUT2D eigenvalue weighted by molar-refractivity contribution is 0.586. The van der Waals surface area contributed by atoms with E-state index in [1.54, 1.807) is 6.07 Å². The third kappa shape index (κ3) is 1.81. The van der Waals surface area contributed by atoms with Crippen molar-refractivity contribution in [2.45, 2.75) is 24.7 Å². The SMILES string of the molecule is CNS(=O)(=O)c1ccc(C)c2c1CCCN2. The Labute approximate surface area is 96.1 Å². The normalized spacial score (nSPS) is 15.4. The van der Waals surface area contributed by atoms with Crippen molar-refractivity contribution in [3.63, 3.8) is 0 Å². The molecular weight excluding hydrogens is 224 g/mol. The van der Waals surface area contributed by atoms with E-state index in [0.29, 0.717) is 4.90 Å². The zero-order valence-electron chi connectivity index (χ0n) is 9.50. The Kier molecular flexibility index (Phi) is 2.90. The standard InChI is InChI=1S/C11H16N2O2S/c1-8-5-6-10(16(14,15)12-2)9-4-3-7-13-11(8)9/h5-6,12-13H,3-4,7H2,1-2H3. The second-order valence-corrected chi connectivity index (χ2v) is 5.83. The molecule has 0 bridgehead atoms. The van der Waals surface area contributed by atoms with Crippen LogP contribution in [0.3, 0.4) is 0 Å². The van der Waals surface area contributed by atoms with Crippen molar-refractivity contribution in [1.82, 2.24) is 4.72 Å². The van der Waals surface area contributed by atoms with Gasteiger partial charge in [-0.2, -0.15) is 0 Å². The number of hydrogen-bond acceptors (Lipinski definition) is 3. The molecule has 0 spiro atoms. The summed E-state index contributed by atoms with van der Waals surface area (Å²) in [5.74, 6) is 0. The van der Waals surface area contributed by atoms with Gasteiger partial charge in [0.2, 0.25) is 10.0 Å². The summed E-state index contributed by atoms with van der Waals surface area (Å²) in [6, 6.07) is 3.54. The Morgan fingerprint density at radius 2 is 2.12 bits per heavy atom. The Morgan fingerprint density at radius 1 is 1.38 bits per heavy atom. The molecule has 2 rings (SSSR count). The van der Waals surface area contributed by atoms with Gasteiger partial charge in [-0.15, -0.1) is 0 Å². The van der Waals surface area contributed by atoms with Crippen LogP contribution < -0.4 is 10.0 Å². The predicted octanol–water partition coefficient (Wildman–Crippen LogP) is 1.26. The molecule has 0 aromatic heterocycles. The first-order valence-corrected chi connectivity index (χ1v) is 6.84. The molecule has 1 aliphatic heterocycles. The maximum Gasteiger partial charge on any atom is 0.240 e. The first-order valence-electron chi connectivity index (χ1n) is 5.36. The van der Waals surface area contributed by atoms with Crippen LogP contribution in [0.2, 0.25) is 0 Å². The number of hydrogen-bond donors (Lipinski definition) is 2. The summed E-state index contributed by atoms with van der Waals surface area (Å²) in [7, 11) is -1.90. The molecule has 88 valence electrons. The second-order valence-electron chi connectivity index (χ2n) is 3.97. The van der Waals surface area contributed by atoms with Gasteiger partial charge < -0.3 is 5.32 Å². The minimum absolute atomic E-state index is 0.405. The van der Waals surface area contributed by atoms with E-state index < -0.39 is 10.0 Å². The van der Waals surface area contributed by atoms with E-state index in [2.05, 4.69) is 10.0 Å². The lowest BCUT2D eigenvalue weighted by Gasteiger charge is -2.22. The van der Waals surface area contributed by atoms with Gasteiger partial charge in [0.1, 0.15) is 0 Å². The highest BCUT2D eigenvalue weighted by atomic mass is 32.2. The molecule has 5 heteroatoms. The highest BCUT2D eigenvalue weighted by molar-refractivity contribution is 7.89. The van der Waals surface area contributed by atoms with Gasteiger partial charge >= 0.3 is 0 Å². The number of sulfonamides is 1. The van der Waals surface area contributed by atoms with Crippen molar-refractivity contribution in [2.75, 3.05) is 18.9 Å². The molecule has 1 heterocycles. The highest BCUT2D eigenvalue weighted by Crippen LogP contribution is 2.31. The van der Waals surface area contributed by atoms with E-state index in [1.807, 2.05) is 13.0 Å². The molecule has 0 radical (unpaired) electrons. The van der Waals surface area contributed by atoms with Crippen LogP contribution >= 0.6 is 0 Å². The quantitative estimate of drug-likeness (QED) is 0.818. The van der Waals surface area contributed by atoms with E-state index in [4.69, 9.17) is 0 Å². The molecule has 2 N–H and O–H groups in total. The fourth-order valence-electron chi connectivity index (χ4n) is 2.08. The molecule has 1 aromatic rings. The largest absolute Gasteiger partial charge is 0.385 e. The topological polar surface area (TPSA) is 58.2 Å². The van der Waals surface area contributed by atoms with Gasteiger partial charge in [-0.3, -0.25) is 0 Å². The van der Waals surface area contributed by atoms with E-state index in [9.17, 15) is 8.42 Å². The van der Waals surface area contributed by atoms with Crippen molar-refractivity contribution in [2.24, 2.45) is 0 Å². The maximum absolute atomic E-state index is 11.8. The van der Waals surface area contributed by atoms with Gasteiger partial charge in [0, 0.05) is 12.2 Å². The third-order valence-electron chi connectivity index (χ3n) is 2.94. The summed E-state index contributed by atoms with van der Waals surface area (Å²) in [5, 5.41) is 3.28. The Hall–Kier alpha value is -1.07. The number of aryl methyl sites for hydroxylation is 1. The van der Waals surface area contributed by atoms with Gasteiger partial charge in [0.05, 0.1) is 4.90 Å². The molecular formula is C11H16N2O2S. The molecule has 1 aliphatic rings. The molecule has 0 amide bonds. The number of benzene rings is 1. The minimum Gasteiger partial charge on any atom is -0.385 e. The lowest BCUT2D eigenvalue weighted by Crippen LogP contribution is -2.23.